The topological polar surface area (TPSA) is 68.2 Å². The summed E-state index contributed by atoms with van der Waals surface area (Å²) in [4.78, 5) is 14.9. The minimum Gasteiger partial charge on any atom is -0.493 e. The van der Waals surface area contributed by atoms with E-state index < -0.39 is 0 Å². The van der Waals surface area contributed by atoms with Crippen LogP contribution in [0.2, 0.25) is 0 Å². The van der Waals surface area contributed by atoms with Crippen LogP contribution >= 0.6 is 0 Å². The molecule has 1 saturated carbocycles. The van der Waals surface area contributed by atoms with Crippen molar-refractivity contribution in [3.05, 3.63) is 17.7 Å². The highest BCUT2D eigenvalue weighted by Gasteiger charge is 2.45. The Morgan fingerprint density at radius 1 is 1.12 bits per heavy atom. The summed E-state index contributed by atoms with van der Waals surface area (Å²) in [6.07, 6.45) is 4.48. The summed E-state index contributed by atoms with van der Waals surface area (Å²) in [6.45, 7) is 1.33. The van der Waals surface area contributed by atoms with Gasteiger partial charge in [-0.3, -0.25) is 4.79 Å². The van der Waals surface area contributed by atoms with Crippen LogP contribution in [0.1, 0.15) is 42.5 Å². The number of hydrogen-bond acceptors (Lipinski definition) is 5. The van der Waals surface area contributed by atoms with Crippen molar-refractivity contribution in [2.24, 2.45) is 5.41 Å². The number of methoxy groups -OCH3 is 3. The third-order valence-electron chi connectivity index (χ3n) is 5.67. The Morgan fingerprint density at radius 3 is 2.28 bits per heavy atom. The molecule has 1 saturated heterocycles. The number of aliphatic hydroxyl groups excluding tert-OH is 1. The van der Waals surface area contributed by atoms with Crippen LogP contribution in [0.4, 0.5) is 0 Å². The first-order chi connectivity index (χ1) is 12.0. The molecule has 1 aromatic carbocycles. The molecule has 6 nitrogen and oxygen atoms in total. The third-order valence-corrected chi connectivity index (χ3v) is 5.67. The van der Waals surface area contributed by atoms with Gasteiger partial charge in [0.05, 0.1) is 27.4 Å². The first-order valence-electron chi connectivity index (χ1n) is 8.82. The van der Waals surface area contributed by atoms with Crippen molar-refractivity contribution in [1.82, 2.24) is 4.90 Å². The maximum Gasteiger partial charge on any atom is 0.254 e. The van der Waals surface area contributed by atoms with E-state index in [1.807, 2.05) is 4.90 Å². The number of ether oxygens (including phenoxy) is 3. The van der Waals surface area contributed by atoms with E-state index in [0.29, 0.717) is 35.9 Å². The normalized spacial score (nSPS) is 25.9. The number of rotatable bonds is 4. The first-order valence-corrected chi connectivity index (χ1v) is 8.82. The molecule has 1 aliphatic carbocycles. The van der Waals surface area contributed by atoms with E-state index >= 15 is 0 Å². The Balaban J connectivity index is 1.87. The molecule has 3 rings (SSSR count). The van der Waals surface area contributed by atoms with Crippen LogP contribution in [0.25, 0.3) is 0 Å². The van der Waals surface area contributed by atoms with Crippen molar-refractivity contribution >= 4 is 5.91 Å². The van der Waals surface area contributed by atoms with E-state index in [0.717, 1.165) is 32.1 Å². The summed E-state index contributed by atoms with van der Waals surface area (Å²) in [5.41, 5.74) is 0.383. The molecular formula is C19H27NO5. The van der Waals surface area contributed by atoms with Gasteiger partial charge in [0.1, 0.15) is 0 Å². The summed E-state index contributed by atoms with van der Waals surface area (Å²) in [6, 6.07) is 3.38. The van der Waals surface area contributed by atoms with Crippen LogP contribution in [-0.2, 0) is 0 Å². The molecule has 138 valence electrons. The number of likely N-dealkylation sites (tertiary alicyclic amines) is 1. The molecule has 0 radical (unpaired) electrons. The summed E-state index contributed by atoms with van der Waals surface area (Å²) in [5, 5.41) is 10.4. The van der Waals surface area contributed by atoms with Crippen molar-refractivity contribution in [2.75, 3.05) is 34.4 Å². The maximum atomic E-state index is 13.1. The fourth-order valence-electron chi connectivity index (χ4n) is 4.32. The Bertz CT molecular complexity index is 622. The lowest BCUT2D eigenvalue weighted by Crippen LogP contribution is -2.49. The van der Waals surface area contributed by atoms with Crippen molar-refractivity contribution in [3.63, 3.8) is 0 Å². The van der Waals surface area contributed by atoms with E-state index in [2.05, 4.69) is 0 Å². The summed E-state index contributed by atoms with van der Waals surface area (Å²) >= 11 is 0. The standard InChI is InChI=1S/C19H27NO5/c1-23-14-10-13(11-15(24-2)17(14)25-3)18(22)20-9-5-8-19(12-20)7-4-6-16(19)21/h10-11,16,21H,4-9,12H2,1-3H3/t16-,19-/m1/s1. The zero-order valence-corrected chi connectivity index (χ0v) is 15.2. The molecule has 2 fully saturated rings. The van der Waals surface area contributed by atoms with E-state index in [1.54, 1.807) is 12.1 Å². The number of hydrogen-bond donors (Lipinski definition) is 1. The largest absolute Gasteiger partial charge is 0.493 e. The van der Waals surface area contributed by atoms with Crippen LogP contribution in [0.5, 0.6) is 17.2 Å². The predicted octanol–water partition coefficient (Wildman–Crippen LogP) is 2.48. The number of aliphatic hydroxyl groups is 1. The molecule has 25 heavy (non-hydrogen) atoms. The van der Waals surface area contributed by atoms with Gasteiger partial charge in [-0.2, -0.15) is 0 Å². The Kier molecular flexibility index (Phi) is 5.08. The molecular weight excluding hydrogens is 322 g/mol. The molecule has 1 aromatic rings. The second-order valence-electron chi connectivity index (χ2n) is 7.01. The third kappa shape index (κ3) is 3.15. The average molecular weight is 349 g/mol. The van der Waals surface area contributed by atoms with Gasteiger partial charge in [0.2, 0.25) is 5.75 Å². The van der Waals surface area contributed by atoms with E-state index in [-0.39, 0.29) is 17.4 Å². The van der Waals surface area contributed by atoms with E-state index in [9.17, 15) is 9.90 Å². The van der Waals surface area contributed by atoms with Crippen molar-refractivity contribution < 1.29 is 24.1 Å². The van der Waals surface area contributed by atoms with Crippen molar-refractivity contribution in [2.45, 2.75) is 38.2 Å². The van der Waals surface area contributed by atoms with Gasteiger partial charge < -0.3 is 24.2 Å². The van der Waals surface area contributed by atoms with Crippen LogP contribution in [0, 0.1) is 5.41 Å². The Morgan fingerprint density at radius 2 is 1.76 bits per heavy atom. The van der Waals surface area contributed by atoms with Crippen molar-refractivity contribution in [1.29, 1.82) is 0 Å². The minimum atomic E-state index is -0.303. The molecule has 1 aliphatic heterocycles. The van der Waals surface area contributed by atoms with Gasteiger partial charge in [0.15, 0.2) is 11.5 Å². The van der Waals surface area contributed by atoms with Gasteiger partial charge in [0, 0.05) is 24.1 Å². The monoisotopic (exact) mass is 349 g/mol. The zero-order chi connectivity index (χ0) is 18.0. The van der Waals surface area contributed by atoms with Gasteiger partial charge in [0.25, 0.3) is 5.91 Å². The molecule has 0 unspecified atom stereocenters. The van der Waals surface area contributed by atoms with E-state index in [1.165, 1.54) is 21.3 Å². The molecule has 1 heterocycles. The highest BCUT2D eigenvalue weighted by molar-refractivity contribution is 5.95. The lowest BCUT2D eigenvalue weighted by atomic mass is 9.76. The Labute approximate surface area is 148 Å². The lowest BCUT2D eigenvalue weighted by molar-refractivity contribution is -0.00538. The number of piperidine rings is 1. The van der Waals surface area contributed by atoms with Crippen LogP contribution in [0.3, 0.4) is 0 Å². The highest BCUT2D eigenvalue weighted by atomic mass is 16.5. The fraction of sp³-hybridized carbons (Fsp3) is 0.632. The van der Waals surface area contributed by atoms with E-state index in [4.69, 9.17) is 14.2 Å². The first kappa shape index (κ1) is 17.9. The second-order valence-corrected chi connectivity index (χ2v) is 7.01. The average Bonchev–Trinajstić information content (AvgIpc) is 2.99. The van der Waals surface area contributed by atoms with Gasteiger partial charge >= 0.3 is 0 Å². The SMILES string of the molecule is COc1cc(C(=O)N2CCC[C@]3(CCC[C@H]3O)C2)cc(OC)c1OC. The number of nitrogens with zero attached hydrogens (tertiary/aromatic N) is 1. The molecule has 2 atom stereocenters. The molecule has 6 heteroatoms. The molecule has 0 aromatic heterocycles. The smallest absolute Gasteiger partial charge is 0.254 e. The van der Waals surface area contributed by atoms with Gasteiger partial charge in [-0.25, -0.2) is 0 Å². The Hall–Kier alpha value is -1.95. The van der Waals surface area contributed by atoms with Crippen LogP contribution in [0.15, 0.2) is 12.1 Å². The lowest BCUT2D eigenvalue weighted by Gasteiger charge is -2.42. The van der Waals surface area contributed by atoms with Crippen molar-refractivity contribution in [3.8, 4) is 17.2 Å². The molecule has 1 N–H and O–H groups in total. The second kappa shape index (κ2) is 7.12. The molecule has 2 aliphatic rings. The number of carbonyl (C=O) groups is 1. The quantitative estimate of drug-likeness (QED) is 0.904. The zero-order valence-electron chi connectivity index (χ0n) is 15.2. The van der Waals surface area contributed by atoms with Crippen LogP contribution in [-0.4, -0.2) is 56.4 Å². The predicted molar refractivity (Wildman–Crippen MR) is 93.5 cm³/mol. The summed E-state index contributed by atoms with van der Waals surface area (Å²) < 4.78 is 16.0. The van der Waals surface area contributed by atoms with Gasteiger partial charge in [-0.05, 0) is 37.8 Å². The fourth-order valence-corrected chi connectivity index (χ4v) is 4.32. The highest BCUT2D eigenvalue weighted by Crippen LogP contribution is 2.45. The van der Waals surface area contributed by atoms with Gasteiger partial charge in [-0.1, -0.05) is 6.42 Å². The molecule has 1 amide bonds. The maximum absolute atomic E-state index is 13.1. The van der Waals surface area contributed by atoms with Gasteiger partial charge in [-0.15, -0.1) is 0 Å². The molecule has 0 bridgehead atoms. The summed E-state index contributed by atoms with van der Waals surface area (Å²) in [7, 11) is 4.62. The number of amides is 1. The molecule has 1 spiro atoms. The summed E-state index contributed by atoms with van der Waals surface area (Å²) in [5.74, 6) is 1.36. The minimum absolute atomic E-state index is 0.0579. The number of carbonyl (C=O) groups excluding carboxylic acids is 1. The number of benzene rings is 1. The van der Waals surface area contributed by atoms with Crippen LogP contribution < -0.4 is 14.2 Å².